The van der Waals surface area contributed by atoms with Gasteiger partial charge in [-0.25, -0.2) is 18.0 Å². The standard InChI is InChI=1S/C36H42N4O8S/c1-24(37-22-33(41)28-14-19-34(32(21-28)40-49(4,44)45)48-23-25-8-6-5-7-9-25)20-31(26-10-15-29(16-11-26)38-35(42)46-2)27-12-17-30(18-13-27)39-36(43)47-3/h5-19,21,24,31,33,37,40-41H,20,22-23H2,1-4H3,(H,38,42)(H,39,43)/t24?,33-/m0/s1. The molecule has 1 unspecified atom stereocenters. The summed E-state index contributed by atoms with van der Waals surface area (Å²) in [6, 6.07) is 29.3. The van der Waals surface area contributed by atoms with E-state index in [1.807, 2.05) is 61.5 Å². The van der Waals surface area contributed by atoms with E-state index in [1.54, 1.807) is 42.5 Å². The van der Waals surface area contributed by atoms with E-state index in [1.165, 1.54) is 14.2 Å². The van der Waals surface area contributed by atoms with Crippen molar-refractivity contribution in [2.45, 2.75) is 38.0 Å². The smallest absolute Gasteiger partial charge is 0.411 e. The Morgan fingerprint density at radius 3 is 1.82 bits per heavy atom. The summed E-state index contributed by atoms with van der Waals surface area (Å²) in [4.78, 5) is 23.3. The molecule has 13 heteroatoms. The van der Waals surface area contributed by atoms with Crippen molar-refractivity contribution in [2.24, 2.45) is 0 Å². The van der Waals surface area contributed by atoms with Gasteiger partial charge in [-0.1, -0.05) is 60.7 Å². The molecule has 0 bridgehead atoms. The minimum absolute atomic E-state index is 0.0810. The molecule has 5 N–H and O–H groups in total. The van der Waals surface area contributed by atoms with Gasteiger partial charge in [-0.3, -0.25) is 15.4 Å². The Morgan fingerprint density at radius 2 is 1.31 bits per heavy atom. The van der Waals surface area contributed by atoms with E-state index in [9.17, 15) is 23.1 Å². The summed E-state index contributed by atoms with van der Waals surface area (Å²) in [5.41, 5.74) is 4.82. The van der Waals surface area contributed by atoms with E-state index in [0.717, 1.165) is 22.9 Å². The predicted molar refractivity (Wildman–Crippen MR) is 190 cm³/mol. The fraction of sp³-hybridized carbons (Fsp3) is 0.278. The zero-order chi connectivity index (χ0) is 35.4. The Kier molecular flexibility index (Phi) is 13.0. The number of hydrogen-bond donors (Lipinski definition) is 5. The lowest BCUT2D eigenvalue weighted by Crippen LogP contribution is -2.32. The van der Waals surface area contributed by atoms with E-state index in [-0.39, 0.29) is 30.8 Å². The van der Waals surface area contributed by atoms with Gasteiger partial charge in [-0.05, 0) is 72.0 Å². The van der Waals surface area contributed by atoms with Gasteiger partial charge < -0.3 is 24.6 Å². The lowest BCUT2D eigenvalue weighted by atomic mass is 9.86. The molecule has 4 aromatic carbocycles. The molecule has 49 heavy (non-hydrogen) atoms. The molecule has 0 saturated carbocycles. The maximum absolute atomic E-state index is 12.1. The van der Waals surface area contributed by atoms with Gasteiger partial charge in [-0.2, -0.15) is 0 Å². The highest BCUT2D eigenvalue weighted by molar-refractivity contribution is 7.92. The third kappa shape index (κ3) is 11.5. The van der Waals surface area contributed by atoms with Crippen LogP contribution in [0.4, 0.5) is 26.7 Å². The maximum Gasteiger partial charge on any atom is 0.411 e. The van der Waals surface area contributed by atoms with Gasteiger partial charge in [0.2, 0.25) is 10.0 Å². The monoisotopic (exact) mass is 690 g/mol. The molecule has 0 spiro atoms. The molecule has 4 rings (SSSR count). The van der Waals surface area contributed by atoms with Gasteiger partial charge in [0.25, 0.3) is 0 Å². The Bertz CT molecular complexity index is 1720. The van der Waals surface area contributed by atoms with Crippen LogP contribution in [0.2, 0.25) is 0 Å². The highest BCUT2D eigenvalue weighted by Crippen LogP contribution is 2.32. The lowest BCUT2D eigenvalue weighted by molar-refractivity contribution is 0.169. The largest absolute Gasteiger partial charge is 0.487 e. The topological polar surface area (TPSA) is 164 Å². The van der Waals surface area contributed by atoms with Gasteiger partial charge in [0.15, 0.2) is 0 Å². The number of nitrogens with one attached hydrogen (secondary N) is 4. The zero-order valence-electron chi connectivity index (χ0n) is 27.8. The van der Waals surface area contributed by atoms with Crippen LogP contribution in [-0.2, 0) is 26.1 Å². The molecule has 0 aliphatic carbocycles. The number of rotatable bonds is 15. The molecule has 0 radical (unpaired) electrons. The number of anilines is 3. The fourth-order valence-electron chi connectivity index (χ4n) is 5.16. The van der Waals surface area contributed by atoms with Crippen LogP contribution in [0.1, 0.15) is 47.6 Å². The van der Waals surface area contributed by atoms with Crippen LogP contribution >= 0.6 is 0 Å². The van der Waals surface area contributed by atoms with Crippen molar-refractivity contribution in [3.63, 3.8) is 0 Å². The molecule has 0 aliphatic rings. The lowest BCUT2D eigenvalue weighted by Gasteiger charge is -2.25. The zero-order valence-corrected chi connectivity index (χ0v) is 28.6. The fourth-order valence-corrected chi connectivity index (χ4v) is 5.72. The Balaban J connectivity index is 1.47. The van der Waals surface area contributed by atoms with Crippen LogP contribution in [-0.4, -0.2) is 58.8 Å². The van der Waals surface area contributed by atoms with Gasteiger partial charge in [0.1, 0.15) is 12.4 Å². The molecule has 2 amide bonds. The number of aliphatic hydroxyl groups excluding tert-OH is 1. The van der Waals surface area contributed by atoms with E-state index < -0.39 is 28.3 Å². The van der Waals surface area contributed by atoms with Crippen molar-refractivity contribution in [2.75, 3.05) is 42.4 Å². The number of carbonyl (C=O) groups excluding carboxylic acids is 2. The Hall–Kier alpha value is -5.11. The van der Waals surface area contributed by atoms with Crippen LogP contribution in [0.15, 0.2) is 97.1 Å². The second kappa shape index (κ2) is 17.3. The number of sulfonamides is 1. The number of methoxy groups -OCH3 is 2. The third-order valence-corrected chi connectivity index (χ3v) is 8.25. The Labute approximate surface area is 286 Å². The highest BCUT2D eigenvalue weighted by Gasteiger charge is 2.20. The quantitative estimate of drug-likeness (QED) is 0.0973. The summed E-state index contributed by atoms with van der Waals surface area (Å²) >= 11 is 0. The summed E-state index contributed by atoms with van der Waals surface area (Å²) in [5, 5.41) is 19.8. The number of ether oxygens (including phenoxy) is 3. The molecule has 0 fully saturated rings. The van der Waals surface area contributed by atoms with Crippen molar-refractivity contribution >= 4 is 39.3 Å². The highest BCUT2D eigenvalue weighted by atomic mass is 32.2. The second-order valence-electron chi connectivity index (χ2n) is 11.5. The first-order valence-electron chi connectivity index (χ1n) is 15.5. The van der Waals surface area contributed by atoms with Crippen molar-refractivity contribution in [1.29, 1.82) is 0 Å². The molecular weight excluding hydrogens is 648 g/mol. The average Bonchev–Trinajstić information content (AvgIpc) is 3.09. The van der Waals surface area contributed by atoms with Crippen LogP contribution in [0.3, 0.4) is 0 Å². The van der Waals surface area contributed by atoms with E-state index in [0.29, 0.717) is 29.1 Å². The minimum atomic E-state index is -3.62. The number of benzene rings is 4. The molecule has 2 atom stereocenters. The number of amides is 2. The average molecular weight is 691 g/mol. The van der Waals surface area contributed by atoms with Crippen LogP contribution in [0.25, 0.3) is 0 Å². The molecular formula is C36H42N4O8S. The van der Waals surface area contributed by atoms with Crippen LogP contribution in [0, 0.1) is 0 Å². The number of carbonyl (C=O) groups is 2. The molecule has 4 aromatic rings. The van der Waals surface area contributed by atoms with Crippen molar-refractivity contribution < 1.29 is 37.3 Å². The van der Waals surface area contributed by atoms with Crippen molar-refractivity contribution in [1.82, 2.24) is 5.32 Å². The maximum atomic E-state index is 12.1. The van der Waals surface area contributed by atoms with Crippen molar-refractivity contribution in [3.05, 3.63) is 119 Å². The van der Waals surface area contributed by atoms with Crippen LogP contribution in [0.5, 0.6) is 5.75 Å². The van der Waals surface area contributed by atoms with Crippen molar-refractivity contribution in [3.8, 4) is 5.75 Å². The van der Waals surface area contributed by atoms with Gasteiger partial charge in [0, 0.05) is 29.9 Å². The molecule has 260 valence electrons. The normalized spacial score (nSPS) is 12.4. The van der Waals surface area contributed by atoms with Gasteiger partial charge in [-0.15, -0.1) is 0 Å². The molecule has 0 saturated heterocycles. The van der Waals surface area contributed by atoms with E-state index >= 15 is 0 Å². The first kappa shape index (κ1) is 36.7. The minimum Gasteiger partial charge on any atom is -0.487 e. The van der Waals surface area contributed by atoms with Gasteiger partial charge >= 0.3 is 12.2 Å². The summed E-state index contributed by atoms with van der Waals surface area (Å²) in [7, 11) is -1.02. The molecule has 0 aromatic heterocycles. The van der Waals surface area contributed by atoms with E-state index in [2.05, 4.69) is 30.1 Å². The summed E-state index contributed by atoms with van der Waals surface area (Å²) in [6.07, 6.45) is -0.390. The SMILES string of the molecule is COC(=O)Nc1ccc(C(CC(C)NC[C@H](O)c2ccc(OCc3ccccc3)c(NS(C)(=O)=O)c2)c2ccc(NC(=O)OC)cc2)cc1. The molecule has 0 aliphatic heterocycles. The first-order valence-corrected chi connectivity index (χ1v) is 17.4. The predicted octanol–water partition coefficient (Wildman–Crippen LogP) is 6.23. The summed E-state index contributed by atoms with van der Waals surface area (Å²) in [5.74, 6) is 0.251. The molecule has 0 heterocycles. The number of aliphatic hydroxyl groups is 1. The second-order valence-corrected chi connectivity index (χ2v) is 13.2. The summed E-state index contributed by atoms with van der Waals surface area (Å²) in [6.45, 7) is 2.45. The third-order valence-electron chi connectivity index (χ3n) is 7.66. The Morgan fingerprint density at radius 1 is 0.776 bits per heavy atom. The number of hydrogen-bond acceptors (Lipinski definition) is 9. The molecule has 12 nitrogen and oxygen atoms in total. The van der Waals surface area contributed by atoms with Gasteiger partial charge in [0.05, 0.1) is 32.3 Å². The first-order chi connectivity index (χ1) is 23.4. The van der Waals surface area contributed by atoms with Crippen LogP contribution < -0.4 is 25.4 Å². The summed E-state index contributed by atoms with van der Waals surface area (Å²) < 4.78 is 42.0. The van der Waals surface area contributed by atoms with E-state index in [4.69, 9.17) is 4.74 Å².